The van der Waals surface area contributed by atoms with Gasteiger partial charge < -0.3 is 14.9 Å². The van der Waals surface area contributed by atoms with Crippen molar-refractivity contribution in [1.82, 2.24) is 25.1 Å². The number of rotatable bonds is 5. The van der Waals surface area contributed by atoms with Gasteiger partial charge in [-0.2, -0.15) is 0 Å². The van der Waals surface area contributed by atoms with Crippen molar-refractivity contribution in [2.75, 3.05) is 0 Å². The highest BCUT2D eigenvalue weighted by Crippen LogP contribution is 2.19. The number of aromatic nitrogens is 4. The van der Waals surface area contributed by atoms with Gasteiger partial charge in [-0.05, 0) is 30.9 Å². The van der Waals surface area contributed by atoms with E-state index in [1.54, 1.807) is 0 Å². The van der Waals surface area contributed by atoms with Crippen molar-refractivity contribution in [3.05, 3.63) is 47.7 Å². The summed E-state index contributed by atoms with van der Waals surface area (Å²) in [5, 5.41) is 12.7. The van der Waals surface area contributed by atoms with Crippen molar-refractivity contribution in [2.24, 2.45) is 0 Å². The molecule has 3 aromatic rings. The monoisotopic (exact) mass is 337 g/mol. The Hall–Kier alpha value is -2.63. The van der Waals surface area contributed by atoms with Crippen LogP contribution in [0.2, 0.25) is 0 Å². The predicted octanol–water partition coefficient (Wildman–Crippen LogP) is 2.73. The minimum absolute atomic E-state index is 0.0521. The van der Waals surface area contributed by atoms with E-state index in [1.807, 2.05) is 18.3 Å². The molecule has 1 aliphatic heterocycles. The standard InChI is InChI=1S/C19H23N5O/c25-19(10-9-14-12-20-16-7-4-3-6-15(14)16)21-13-18-23-22-17-8-2-1-5-11-24(17)18/h3-4,6-7,12,20H,1-2,5,8-11,13H2,(H,21,25). The molecule has 25 heavy (non-hydrogen) atoms. The Labute approximate surface area is 146 Å². The third kappa shape index (κ3) is 3.43. The minimum atomic E-state index is 0.0521. The van der Waals surface area contributed by atoms with Crippen LogP contribution in [-0.4, -0.2) is 25.7 Å². The molecule has 1 amide bonds. The number of hydrogen-bond donors (Lipinski definition) is 2. The van der Waals surface area contributed by atoms with Crippen LogP contribution in [0.1, 0.15) is 42.9 Å². The summed E-state index contributed by atoms with van der Waals surface area (Å²) >= 11 is 0. The molecule has 4 rings (SSSR count). The van der Waals surface area contributed by atoms with Gasteiger partial charge in [0.1, 0.15) is 5.82 Å². The Morgan fingerprint density at radius 1 is 1.20 bits per heavy atom. The molecule has 0 saturated carbocycles. The summed E-state index contributed by atoms with van der Waals surface area (Å²) in [6.45, 7) is 1.42. The first-order chi connectivity index (χ1) is 12.3. The molecule has 130 valence electrons. The lowest BCUT2D eigenvalue weighted by Gasteiger charge is -2.08. The summed E-state index contributed by atoms with van der Waals surface area (Å²) < 4.78 is 2.17. The van der Waals surface area contributed by atoms with Gasteiger partial charge in [0.2, 0.25) is 5.91 Å². The van der Waals surface area contributed by atoms with Crippen LogP contribution in [-0.2, 0) is 30.7 Å². The van der Waals surface area contributed by atoms with Crippen molar-refractivity contribution in [2.45, 2.75) is 51.6 Å². The van der Waals surface area contributed by atoms with Crippen LogP contribution in [0.5, 0.6) is 0 Å². The van der Waals surface area contributed by atoms with E-state index in [1.165, 1.54) is 23.8 Å². The van der Waals surface area contributed by atoms with Gasteiger partial charge in [0.05, 0.1) is 6.54 Å². The number of amides is 1. The Bertz CT molecular complexity index is 879. The molecule has 2 aromatic heterocycles. The number of carbonyl (C=O) groups excluding carboxylic acids is 1. The van der Waals surface area contributed by atoms with E-state index in [4.69, 9.17) is 0 Å². The molecule has 0 spiro atoms. The summed E-state index contributed by atoms with van der Waals surface area (Å²) in [6.07, 6.45) is 7.76. The summed E-state index contributed by atoms with van der Waals surface area (Å²) in [4.78, 5) is 15.5. The van der Waals surface area contributed by atoms with E-state index >= 15 is 0 Å². The summed E-state index contributed by atoms with van der Waals surface area (Å²) in [7, 11) is 0. The van der Waals surface area contributed by atoms with Gasteiger partial charge in [0.15, 0.2) is 5.82 Å². The molecular weight excluding hydrogens is 314 g/mol. The Morgan fingerprint density at radius 3 is 3.08 bits per heavy atom. The molecule has 0 radical (unpaired) electrons. The molecule has 6 heteroatoms. The zero-order chi connectivity index (χ0) is 17.1. The van der Waals surface area contributed by atoms with E-state index in [0.29, 0.717) is 13.0 Å². The Kier molecular flexibility index (Phi) is 4.50. The zero-order valence-electron chi connectivity index (χ0n) is 14.3. The van der Waals surface area contributed by atoms with Gasteiger partial charge in [0, 0.05) is 36.5 Å². The molecule has 0 unspecified atom stereocenters. The van der Waals surface area contributed by atoms with E-state index in [2.05, 4.69) is 37.2 Å². The lowest BCUT2D eigenvalue weighted by molar-refractivity contribution is -0.121. The van der Waals surface area contributed by atoms with Gasteiger partial charge in [-0.1, -0.05) is 24.6 Å². The summed E-state index contributed by atoms with van der Waals surface area (Å²) in [5.41, 5.74) is 2.30. The van der Waals surface area contributed by atoms with E-state index < -0.39 is 0 Å². The van der Waals surface area contributed by atoms with E-state index in [-0.39, 0.29) is 5.91 Å². The maximum Gasteiger partial charge on any atom is 0.220 e. The number of aromatic amines is 1. The normalized spacial score (nSPS) is 14.2. The average molecular weight is 337 g/mol. The lowest BCUT2D eigenvalue weighted by atomic mass is 10.1. The zero-order valence-corrected chi connectivity index (χ0v) is 14.3. The van der Waals surface area contributed by atoms with Crippen LogP contribution in [0, 0.1) is 0 Å². The first-order valence-electron chi connectivity index (χ1n) is 9.04. The number of hydrogen-bond acceptors (Lipinski definition) is 3. The van der Waals surface area contributed by atoms with Crippen molar-refractivity contribution in [3.63, 3.8) is 0 Å². The van der Waals surface area contributed by atoms with Crippen molar-refractivity contribution >= 4 is 16.8 Å². The number of para-hydroxylation sites is 1. The second-order valence-corrected chi connectivity index (χ2v) is 6.63. The molecule has 0 fully saturated rings. The SMILES string of the molecule is O=C(CCc1c[nH]c2ccccc12)NCc1nnc2n1CCCCC2. The van der Waals surface area contributed by atoms with Crippen LogP contribution < -0.4 is 5.32 Å². The topological polar surface area (TPSA) is 75.6 Å². The molecule has 2 N–H and O–H groups in total. The van der Waals surface area contributed by atoms with Crippen molar-refractivity contribution < 1.29 is 4.79 Å². The largest absolute Gasteiger partial charge is 0.361 e. The fraction of sp³-hybridized carbons (Fsp3) is 0.421. The number of fused-ring (bicyclic) bond motifs is 2. The molecule has 1 aliphatic rings. The number of nitrogens with one attached hydrogen (secondary N) is 2. The molecule has 6 nitrogen and oxygen atoms in total. The predicted molar refractivity (Wildman–Crippen MR) is 96.0 cm³/mol. The molecule has 1 aromatic carbocycles. The number of carbonyl (C=O) groups is 1. The number of aryl methyl sites for hydroxylation is 2. The van der Waals surface area contributed by atoms with Crippen LogP contribution >= 0.6 is 0 Å². The molecule has 0 atom stereocenters. The highest BCUT2D eigenvalue weighted by molar-refractivity contribution is 5.84. The van der Waals surface area contributed by atoms with Crippen LogP contribution in [0.15, 0.2) is 30.5 Å². The summed E-state index contributed by atoms with van der Waals surface area (Å²) in [5.74, 6) is 1.98. The average Bonchev–Trinajstić information content (AvgIpc) is 3.14. The number of H-pyrrole nitrogens is 1. The smallest absolute Gasteiger partial charge is 0.220 e. The van der Waals surface area contributed by atoms with Gasteiger partial charge in [-0.25, -0.2) is 0 Å². The van der Waals surface area contributed by atoms with E-state index in [0.717, 1.165) is 43.0 Å². The molecule has 0 bridgehead atoms. The number of benzene rings is 1. The summed E-state index contributed by atoms with van der Waals surface area (Å²) in [6, 6.07) is 8.17. The second kappa shape index (κ2) is 7.09. The number of nitrogens with zero attached hydrogens (tertiary/aromatic N) is 3. The highest BCUT2D eigenvalue weighted by atomic mass is 16.1. The van der Waals surface area contributed by atoms with Gasteiger partial charge in [0.25, 0.3) is 0 Å². The van der Waals surface area contributed by atoms with Crippen LogP contribution in [0.25, 0.3) is 10.9 Å². The Morgan fingerprint density at radius 2 is 2.12 bits per heavy atom. The first kappa shape index (κ1) is 15.9. The highest BCUT2D eigenvalue weighted by Gasteiger charge is 2.15. The van der Waals surface area contributed by atoms with Gasteiger partial charge >= 0.3 is 0 Å². The lowest BCUT2D eigenvalue weighted by Crippen LogP contribution is -2.25. The van der Waals surface area contributed by atoms with Crippen molar-refractivity contribution in [1.29, 1.82) is 0 Å². The fourth-order valence-corrected chi connectivity index (χ4v) is 3.53. The first-order valence-corrected chi connectivity index (χ1v) is 9.04. The van der Waals surface area contributed by atoms with Crippen molar-refractivity contribution in [3.8, 4) is 0 Å². The fourth-order valence-electron chi connectivity index (χ4n) is 3.53. The third-order valence-electron chi connectivity index (χ3n) is 4.93. The quantitative estimate of drug-likeness (QED) is 0.752. The molecule has 0 aliphatic carbocycles. The molecule has 0 saturated heterocycles. The third-order valence-corrected chi connectivity index (χ3v) is 4.93. The van der Waals surface area contributed by atoms with Crippen LogP contribution in [0.3, 0.4) is 0 Å². The minimum Gasteiger partial charge on any atom is -0.361 e. The van der Waals surface area contributed by atoms with E-state index in [9.17, 15) is 4.79 Å². The maximum absolute atomic E-state index is 12.2. The van der Waals surface area contributed by atoms with Gasteiger partial charge in [-0.3, -0.25) is 4.79 Å². The van der Waals surface area contributed by atoms with Crippen LogP contribution in [0.4, 0.5) is 0 Å². The molecular formula is C19H23N5O. The Balaban J connectivity index is 1.33. The maximum atomic E-state index is 12.2. The van der Waals surface area contributed by atoms with Gasteiger partial charge in [-0.15, -0.1) is 10.2 Å². The molecule has 3 heterocycles. The second-order valence-electron chi connectivity index (χ2n) is 6.63.